The number of ether oxygens (including phenoxy) is 1. The summed E-state index contributed by atoms with van der Waals surface area (Å²) in [5.41, 5.74) is 1.43. The fourth-order valence-corrected chi connectivity index (χ4v) is 4.36. The monoisotopic (exact) mass is 315 g/mol. The van der Waals surface area contributed by atoms with Crippen LogP contribution in [0.4, 0.5) is 0 Å². The summed E-state index contributed by atoms with van der Waals surface area (Å²) < 4.78 is 6.04. The normalized spacial score (nSPS) is 27.3. The number of hydrogen-bond donors (Lipinski definition) is 0. The van der Waals surface area contributed by atoms with Crippen LogP contribution in [0, 0.1) is 5.92 Å². The van der Waals surface area contributed by atoms with E-state index in [1.807, 2.05) is 0 Å². The number of para-hydroxylation sites is 1. The summed E-state index contributed by atoms with van der Waals surface area (Å²) in [6, 6.07) is 9.54. The van der Waals surface area contributed by atoms with Gasteiger partial charge in [-0.05, 0) is 88.9 Å². The lowest BCUT2D eigenvalue weighted by Gasteiger charge is -2.40. The van der Waals surface area contributed by atoms with E-state index in [0.717, 1.165) is 17.7 Å². The van der Waals surface area contributed by atoms with Crippen LogP contribution in [-0.2, 0) is 0 Å². The maximum absolute atomic E-state index is 6.04. The lowest BCUT2D eigenvalue weighted by molar-refractivity contribution is 0.109. The van der Waals surface area contributed by atoms with E-state index in [-0.39, 0.29) is 6.10 Å². The quantitative estimate of drug-likeness (QED) is 0.754. The van der Waals surface area contributed by atoms with Crippen LogP contribution in [0.1, 0.15) is 70.8 Å². The number of benzene rings is 1. The van der Waals surface area contributed by atoms with Crippen LogP contribution in [0.2, 0.25) is 0 Å². The molecule has 128 valence electrons. The second kappa shape index (κ2) is 7.70. The van der Waals surface area contributed by atoms with Crippen molar-refractivity contribution in [2.45, 2.75) is 77.4 Å². The zero-order valence-electron chi connectivity index (χ0n) is 15.1. The first kappa shape index (κ1) is 16.8. The minimum atomic E-state index is 0.250. The van der Waals surface area contributed by atoms with Gasteiger partial charge < -0.3 is 9.64 Å². The molecule has 1 aliphatic heterocycles. The maximum Gasteiger partial charge on any atom is 0.123 e. The first-order chi connectivity index (χ1) is 11.1. The molecule has 23 heavy (non-hydrogen) atoms. The molecule has 0 amide bonds. The molecule has 2 nitrogen and oxygen atoms in total. The second-order valence-corrected chi connectivity index (χ2v) is 7.93. The summed E-state index contributed by atoms with van der Waals surface area (Å²) in [6.07, 6.45) is 8.50. The lowest BCUT2D eigenvalue weighted by atomic mass is 9.83. The molecule has 0 aromatic heterocycles. The topological polar surface area (TPSA) is 12.5 Å². The third-order valence-electron chi connectivity index (χ3n) is 5.75. The fraction of sp³-hybridized carbons (Fsp3) is 0.714. The zero-order chi connectivity index (χ0) is 16.2. The highest BCUT2D eigenvalue weighted by Crippen LogP contribution is 2.37. The minimum Gasteiger partial charge on any atom is -0.491 e. The Kier molecular flexibility index (Phi) is 5.63. The highest BCUT2D eigenvalue weighted by Gasteiger charge is 2.29. The van der Waals surface area contributed by atoms with Gasteiger partial charge in [0, 0.05) is 6.04 Å². The standard InChI is InChI=1S/C21H33NO/c1-16(2)23-21-7-5-4-6-20(21)18-12-14-22(15-13-18)19-10-8-17(3)9-11-19/h4-7,16-19H,8-15H2,1-3H3. The number of hydrogen-bond acceptors (Lipinski definition) is 2. The highest BCUT2D eigenvalue weighted by atomic mass is 16.5. The van der Waals surface area contributed by atoms with Crippen LogP contribution < -0.4 is 4.74 Å². The molecule has 2 fully saturated rings. The molecule has 0 N–H and O–H groups in total. The van der Waals surface area contributed by atoms with Gasteiger partial charge in [-0.3, -0.25) is 0 Å². The lowest BCUT2D eigenvalue weighted by Crippen LogP contribution is -2.42. The van der Waals surface area contributed by atoms with Gasteiger partial charge in [0.1, 0.15) is 5.75 Å². The van der Waals surface area contributed by atoms with Crippen molar-refractivity contribution in [2.75, 3.05) is 13.1 Å². The van der Waals surface area contributed by atoms with E-state index < -0.39 is 0 Å². The third kappa shape index (κ3) is 4.29. The smallest absolute Gasteiger partial charge is 0.123 e. The summed E-state index contributed by atoms with van der Waals surface area (Å²) in [4.78, 5) is 2.77. The largest absolute Gasteiger partial charge is 0.491 e. The van der Waals surface area contributed by atoms with Gasteiger partial charge in [-0.25, -0.2) is 0 Å². The van der Waals surface area contributed by atoms with E-state index in [1.165, 1.54) is 57.2 Å². The molecule has 0 spiro atoms. The first-order valence-corrected chi connectivity index (χ1v) is 9.63. The molecule has 1 aromatic rings. The number of piperidine rings is 1. The Labute approximate surface area is 142 Å². The van der Waals surface area contributed by atoms with E-state index in [9.17, 15) is 0 Å². The summed E-state index contributed by atoms with van der Waals surface area (Å²) in [5.74, 6) is 2.72. The van der Waals surface area contributed by atoms with Gasteiger partial charge in [-0.1, -0.05) is 25.1 Å². The molecule has 1 saturated heterocycles. The molecule has 1 saturated carbocycles. The summed E-state index contributed by atoms with van der Waals surface area (Å²) in [7, 11) is 0. The van der Waals surface area contributed by atoms with Crippen molar-refractivity contribution in [3.8, 4) is 5.75 Å². The number of likely N-dealkylation sites (tertiary alicyclic amines) is 1. The van der Waals surface area contributed by atoms with Crippen molar-refractivity contribution < 1.29 is 4.74 Å². The van der Waals surface area contributed by atoms with Gasteiger partial charge in [-0.15, -0.1) is 0 Å². The van der Waals surface area contributed by atoms with Crippen LogP contribution in [0.15, 0.2) is 24.3 Å². The van der Waals surface area contributed by atoms with Crippen LogP contribution in [-0.4, -0.2) is 30.1 Å². The molecule has 0 atom stereocenters. The highest BCUT2D eigenvalue weighted by molar-refractivity contribution is 5.36. The molecule has 1 aliphatic carbocycles. The van der Waals surface area contributed by atoms with Gasteiger partial charge in [0.15, 0.2) is 0 Å². The van der Waals surface area contributed by atoms with Crippen molar-refractivity contribution in [2.24, 2.45) is 5.92 Å². The average molecular weight is 316 g/mol. The van der Waals surface area contributed by atoms with Gasteiger partial charge >= 0.3 is 0 Å². The molecule has 0 radical (unpaired) electrons. The van der Waals surface area contributed by atoms with Crippen LogP contribution in [0.5, 0.6) is 5.75 Å². The average Bonchev–Trinajstić information content (AvgIpc) is 2.56. The predicted octanol–water partition coefficient (Wildman–Crippen LogP) is 5.23. The summed E-state index contributed by atoms with van der Waals surface area (Å²) >= 11 is 0. The molecule has 2 heteroatoms. The van der Waals surface area contributed by atoms with Crippen molar-refractivity contribution in [1.82, 2.24) is 4.90 Å². The Morgan fingerprint density at radius 1 is 0.957 bits per heavy atom. The Bertz CT molecular complexity index is 482. The maximum atomic E-state index is 6.04. The third-order valence-corrected chi connectivity index (χ3v) is 5.75. The Balaban J connectivity index is 1.59. The molecule has 0 bridgehead atoms. The molecule has 3 rings (SSSR count). The Morgan fingerprint density at radius 2 is 1.61 bits per heavy atom. The van der Waals surface area contributed by atoms with Crippen LogP contribution in [0.3, 0.4) is 0 Å². The Morgan fingerprint density at radius 3 is 2.26 bits per heavy atom. The van der Waals surface area contributed by atoms with Gasteiger partial charge in [-0.2, -0.15) is 0 Å². The molecule has 1 aromatic carbocycles. The molecular formula is C21H33NO. The van der Waals surface area contributed by atoms with Crippen LogP contribution >= 0.6 is 0 Å². The predicted molar refractivity (Wildman–Crippen MR) is 97.2 cm³/mol. The van der Waals surface area contributed by atoms with Crippen molar-refractivity contribution in [1.29, 1.82) is 0 Å². The molecule has 0 unspecified atom stereocenters. The molecule has 2 aliphatic rings. The van der Waals surface area contributed by atoms with Crippen molar-refractivity contribution in [3.05, 3.63) is 29.8 Å². The van der Waals surface area contributed by atoms with Gasteiger partial charge in [0.25, 0.3) is 0 Å². The number of nitrogens with zero attached hydrogens (tertiary/aromatic N) is 1. The van der Waals surface area contributed by atoms with E-state index in [0.29, 0.717) is 5.92 Å². The van der Waals surface area contributed by atoms with Crippen LogP contribution in [0.25, 0.3) is 0 Å². The summed E-state index contributed by atoms with van der Waals surface area (Å²) in [6.45, 7) is 9.17. The zero-order valence-corrected chi connectivity index (χ0v) is 15.1. The second-order valence-electron chi connectivity index (χ2n) is 7.93. The number of rotatable bonds is 4. The summed E-state index contributed by atoms with van der Waals surface area (Å²) in [5, 5.41) is 0. The van der Waals surface area contributed by atoms with E-state index >= 15 is 0 Å². The molecular weight excluding hydrogens is 282 g/mol. The van der Waals surface area contributed by atoms with Crippen molar-refractivity contribution in [3.63, 3.8) is 0 Å². The Hall–Kier alpha value is -1.02. The first-order valence-electron chi connectivity index (χ1n) is 9.63. The fourth-order valence-electron chi connectivity index (χ4n) is 4.36. The minimum absolute atomic E-state index is 0.250. The van der Waals surface area contributed by atoms with Gasteiger partial charge in [0.05, 0.1) is 6.10 Å². The van der Waals surface area contributed by atoms with Crippen molar-refractivity contribution >= 4 is 0 Å². The molecule has 1 heterocycles. The SMILES string of the molecule is CC1CCC(N2CCC(c3ccccc3OC(C)C)CC2)CC1. The van der Waals surface area contributed by atoms with E-state index in [2.05, 4.69) is 49.9 Å². The van der Waals surface area contributed by atoms with E-state index in [4.69, 9.17) is 4.74 Å². The van der Waals surface area contributed by atoms with Gasteiger partial charge in [0.2, 0.25) is 0 Å². The van der Waals surface area contributed by atoms with E-state index in [1.54, 1.807) is 0 Å².